The van der Waals surface area contributed by atoms with E-state index in [0.29, 0.717) is 12.0 Å². The van der Waals surface area contributed by atoms with Crippen LogP contribution < -0.4 is 5.32 Å². The van der Waals surface area contributed by atoms with Gasteiger partial charge in [-0.1, -0.05) is 57.5 Å². The van der Waals surface area contributed by atoms with Crippen molar-refractivity contribution in [2.24, 2.45) is 0 Å². The SMILES string of the molecule is CC(C)NCCCCC(C)c1ccccc1. The quantitative estimate of drug-likeness (QED) is 0.684. The van der Waals surface area contributed by atoms with Crippen molar-refractivity contribution in [3.8, 4) is 0 Å². The second-order valence-electron chi connectivity index (χ2n) is 4.92. The van der Waals surface area contributed by atoms with Gasteiger partial charge in [-0.2, -0.15) is 0 Å². The second kappa shape index (κ2) is 7.45. The molecular weight excluding hydrogens is 194 g/mol. The van der Waals surface area contributed by atoms with E-state index in [-0.39, 0.29) is 0 Å². The summed E-state index contributed by atoms with van der Waals surface area (Å²) < 4.78 is 0. The van der Waals surface area contributed by atoms with Crippen molar-refractivity contribution < 1.29 is 0 Å². The Bertz CT molecular complexity index is 266. The van der Waals surface area contributed by atoms with Gasteiger partial charge in [-0.3, -0.25) is 0 Å². The summed E-state index contributed by atoms with van der Waals surface area (Å²) in [5.74, 6) is 0.695. The Labute approximate surface area is 100 Å². The molecule has 0 aliphatic heterocycles. The van der Waals surface area contributed by atoms with Crippen LogP contribution in [0, 0.1) is 0 Å². The summed E-state index contributed by atoms with van der Waals surface area (Å²) in [7, 11) is 0. The van der Waals surface area contributed by atoms with Crippen LogP contribution >= 0.6 is 0 Å². The van der Waals surface area contributed by atoms with Crippen molar-refractivity contribution in [3.05, 3.63) is 35.9 Å². The molecule has 1 nitrogen and oxygen atoms in total. The molecule has 16 heavy (non-hydrogen) atoms. The molecule has 0 aliphatic carbocycles. The predicted octanol–water partition coefficient (Wildman–Crippen LogP) is 3.96. The Morgan fingerprint density at radius 3 is 2.31 bits per heavy atom. The van der Waals surface area contributed by atoms with E-state index in [0.717, 1.165) is 6.54 Å². The first kappa shape index (κ1) is 13.2. The molecule has 0 amide bonds. The fraction of sp³-hybridized carbons (Fsp3) is 0.600. The molecule has 0 aromatic heterocycles. The molecule has 0 saturated carbocycles. The smallest absolute Gasteiger partial charge is 0.00103 e. The van der Waals surface area contributed by atoms with Crippen molar-refractivity contribution in [2.45, 2.75) is 52.0 Å². The van der Waals surface area contributed by atoms with Gasteiger partial charge in [0.1, 0.15) is 0 Å². The topological polar surface area (TPSA) is 12.0 Å². The lowest BCUT2D eigenvalue weighted by Gasteiger charge is -2.12. The van der Waals surface area contributed by atoms with E-state index in [1.807, 2.05) is 0 Å². The molecule has 1 N–H and O–H groups in total. The van der Waals surface area contributed by atoms with Gasteiger partial charge in [-0.05, 0) is 30.9 Å². The number of rotatable bonds is 7. The molecule has 1 aromatic carbocycles. The Kier molecular flexibility index (Phi) is 6.17. The van der Waals surface area contributed by atoms with Crippen LogP contribution in [0.5, 0.6) is 0 Å². The molecule has 1 unspecified atom stereocenters. The first-order valence-electron chi connectivity index (χ1n) is 6.48. The van der Waals surface area contributed by atoms with Gasteiger partial charge >= 0.3 is 0 Å². The van der Waals surface area contributed by atoms with E-state index >= 15 is 0 Å². The third-order valence-corrected chi connectivity index (χ3v) is 2.99. The van der Waals surface area contributed by atoms with Gasteiger partial charge in [0.2, 0.25) is 0 Å². The Hall–Kier alpha value is -0.820. The van der Waals surface area contributed by atoms with Gasteiger partial charge in [-0.15, -0.1) is 0 Å². The van der Waals surface area contributed by atoms with Crippen LogP contribution in [-0.4, -0.2) is 12.6 Å². The number of unbranched alkanes of at least 4 members (excludes halogenated alkanes) is 1. The number of nitrogens with one attached hydrogen (secondary N) is 1. The van der Waals surface area contributed by atoms with E-state index in [2.05, 4.69) is 56.4 Å². The van der Waals surface area contributed by atoms with Crippen LogP contribution in [0.4, 0.5) is 0 Å². The van der Waals surface area contributed by atoms with Crippen LogP contribution in [-0.2, 0) is 0 Å². The van der Waals surface area contributed by atoms with Crippen LogP contribution in [0.25, 0.3) is 0 Å². The van der Waals surface area contributed by atoms with Crippen LogP contribution in [0.3, 0.4) is 0 Å². The highest BCUT2D eigenvalue weighted by Gasteiger charge is 2.03. The maximum Gasteiger partial charge on any atom is 0.00103 e. The number of hydrogen-bond donors (Lipinski definition) is 1. The summed E-state index contributed by atoms with van der Waals surface area (Å²) in [6, 6.07) is 11.4. The molecule has 90 valence electrons. The highest BCUT2D eigenvalue weighted by Crippen LogP contribution is 2.20. The Morgan fingerprint density at radius 2 is 1.69 bits per heavy atom. The minimum atomic E-state index is 0.617. The van der Waals surface area contributed by atoms with Crippen molar-refractivity contribution >= 4 is 0 Å². The molecule has 0 heterocycles. The van der Waals surface area contributed by atoms with Crippen molar-refractivity contribution in [1.82, 2.24) is 5.32 Å². The fourth-order valence-corrected chi connectivity index (χ4v) is 1.91. The lowest BCUT2D eigenvalue weighted by molar-refractivity contribution is 0.531. The van der Waals surface area contributed by atoms with E-state index in [9.17, 15) is 0 Å². The van der Waals surface area contributed by atoms with E-state index in [1.54, 1.807) is 0 Å². The standard InChI is InChI=1S/C15H25N/c1-13(2)16-12-8-7-9-14(3)15-10-5-4-6-11-15/h4-6,10-11,13-14,16H,7-9,12H2,1-3H3. The molecule has 0 bridgehead atoms. The summed E-state index contributed by atoms with van der Waals surface area (Å²) >= 11 is 0. The molecule has 0 radical (unpaired) electrons. The predicted molar refractivity (Wildman–Crippen MR) is 71.8 cm³/mol. The third-order valence-electron chi connectivity index (χ3n) is 2.99. The average Bonchev–Trinajstić information content (AvgIpc) is 2.29. The lowest BCUT2D eigenvalue weighted by Crippen LogP contribution is -2.23. The molecule has 1 atom stereocenters. The summed E-state index contributed by atoms with van der Waals surface area (Å²) in [6.07, 6.45) is 3.90. The summed E-state index contributed by atoms with van der Waals surface area (Å²) in [5.41, 5.74) is 1.47. The monoisotopic (exact) mass is 219 g/mol. The Morgan fingerprint density at radius 1 is 1.00 bits per heavy atom. The van der Waals surface area contributed by atoms with Crippen LogP contribution in [0.15, 0.2) is 30.3 Å². The molecule has 1 aromatic rings. The largest absolute Gasteiger partial charge is 0.315 e. The summed E-state index contributed by atoms with van der Waals surface area (Å²) in [6.45, 7) is 7.88. The molecule has 1 rings (SSSR count). The van der Waals surface area contributed by atoms with Gasteiger partial charge in [0.25, 0.3) is 0 Å². The minimum absolute atomic E-state index is 0.617. The summed E-state index contributed by atoms with van der Waals surface area (Å²) in [5, 5.41) is 3.46. The highest BCUT2D eigenvalue weighted by molar-refractivity contribution is 5.18. The molecule has 0 saturated heterocycles. The van der Waals surface area contributed by atoms with Crippen molar-refractivity contribution in [1.29, 1.82) is 0 Å². The average molecular weight is 219 g/mol. The number of benzene rings is 1. The van der Waals surface area contributed by atoms with Gasteiger partial charge in [-0.25, -0.2) is 0 Å². The highest BCUT2D eigenvalue weighted by atomic mass is 14.9. The molecule has 0 fully saturated rings. The zero-order valence-electron chi connectivity index (χ0n) is 10.9. The first-order valence-corrected chi connectivity index (χ1v) is 6.48. The van der Waals surface area contributed by atoms with Gasteiger partial charge in [0.15, 0.2) is 0 Å². The van der Waals surface area contributed by atoms with Crippen LogP contribution in [0.2, 0.25) is 0 Å². The van der Waals surface area contributed by atoms with E-state index in [4.69, 9.17) is 0 Å². The minimum Gasteiger partial charge on any atom is -0.315 e. The lowest BCUT2D eigenvalue weighted by atomic mass is 9.95. The van der Waals surface area contributed by atoms with Gasteiger partial charge in [0.05, 0.1) is 0 Å². The fourth-order valence-electron chi connectivity index (χ4n) is 1.91. The van der Waals surface area contributed by atoms with Gasteiger partial charge < -0.3 is 5.32 Å². The number of hydrogen-bond acceptors (Lipinski definition) is 1. The van der Waals surface area contributed by atoms with E-state index in [1.165, 1.54) is 24.8 Å². The molecular formula is C15H25N. The third kappa shape index (κ3) is 5.32. The molecule has 1 heteroatoms. The second-order valence-corrected chi connectivity index (χ2v) is 4.92. The van der Waals surface area contributed by atoms with Gasteiger partial charge in [0, 0.05) is 6.04 Å². The van der Waals surface area contributed by atoms with Crippen LogP contribution in [0.1, 0.15) is 51.5 Å². The zero-order valence-corrected chi connectivity index (χ0v) is 10.9. The maximum absolute atomic E-state index is 3.46. The zero-order chi connectivity index (χ0) is 11.8. The van der Waals surface area contributed by atoms with Crippen molar-refractivity contribution in [3.63, 3.8) is 0 Å². The first-order chi connectivity index (χ1) is 7.70. The summed E-state index contributed by atoms with van der Waals surface area (Å²) in [4.78, 5) is 0. The van der Waals surface area contributed by atoms with Crippen molar-refractivity contribution in [2.75, 3.05) is 6.54 Å². The molecule has 0 aliphatic rings. The maximum atomic E-state index is 3.46. The normalized spacial score (nSPS) is 13.0. The molecule has 0 spiro atoms. The van der Waals surface area contributed by atoms with E-state index < -0.39 is 0 Å². The Balaban J connectivity index is 2.14.